The normalized spacial score (nSPS) is 15.7. The standard InChI is InChI=1S/C22H24ClN3O4/c1-30-14-12-24-21(28)19-3-2-13-26(19)22(29)16-6-10-18(11-7-16)25-20(27)15-4-8-17(23)9-5-15/h4-11,19H,2-3,12-14H2,1H3,(H,24,28)(H,25,27)/t19-/m1/s1. The number of nitrogens with zero attached hydrogens (tertiary/aromatic N) is 1. The van der Waals surface area contributed by atoms with Gasteiger partial charge in [0.25, 0.3) is 11.8 Å². The molecule has 1 aliphatic heterocycles. The summed E-state index contributed by atoms with van der Waals surface area (Å²) in [6.07, 6.45) is 1.42. The van der Waals surface area contributed by atoms with Crippen LogP contribution in [0.5, 0.6) is 0 Å². The Balaban J connectivity index is 1.62. The molecule has 1 saturated heterocycles. The zero-order valence-corrected chi connectivity index (χ0v) is 17.4. The van der Waals surface area contributed by atoms with E-state index in [-0.39, 0.29) is 17.7 Å². The summed E-state index contributed by atoms with van der Waals surface area (Å²) in [4.78, 5) is 39.2. The largest absolute Gasteiger partial charge is 0.383 e. The number of hydrogen-bond donors (Lipinski definition) is 2. The quantitative estimate of drug-likeness (QED) is 0.662. The first-order chi connectivity index (χ1) is 14.5. The fourth-order valence-corrected chi connectivity index (χ4v) is 3.47. The topological polar surface area (TPSA) is 87.7 Å². The minimum Gasteiger partial charge on any atom is -0.383 e. The van der Waals surface area contributed by atoms with E-state index in [9.17, 15) is 14.4 Å². The van der Waals surface area contributed by atoms with E-state index in [2.05, 4.69) is 10.6 Å². The van der Waals surface area contributed by atoms with Crippen molar-refractivity contribution < 1.29 is 19.1 Å². The Bertz CT molecular complexity index is 900. The molecule has 3 amide bonds. The average molecular weight is 430 g/mol. The van der Waals surface area contributed by atoms with Crippen LogP contribution in [0, 0.1) is 0 Å². The number of methoxy groups -OCH3 is 1. The molecule has 0 aliphatic carbocycles. The van der Waals surface area contributed by atoms with Gasteiger partial charge in [0.2, 0.25) is 5.91 Å². The number of nitrogens with one attached hydrogen (secondary N) is 2. The van der Waals surface area contributed by atoms with Crippen LogP contribution < -0.4 is 10.6 Å². The third-order valence-corrected chi connectivity index (χ3v) is 5.17. The van der Waals surface area contributed by atoms with Gasteiger partial charge in [-0.1, -0.05) is 11.6 Å². The van der Waals surface area contributed by atoms with Crippen LogP contribution in [0.2, 0.25) is 5.02 Å². The Kier molecular flexibility index (Phi) is 7.43. The second kappa shape index (κ2) is 10.2. The maximum absolute atomic E-state index is 12.9. The molecule has 7 nitrogen and oxygen atoms in total. The van der Waals surface area contributed by atoms with Crippen molar-refractivity contribution >= 4 is 35.0 Å². The van der Waals surface area contributed by atoms with Crippen LogP contribution in [0.25, 0.3) is 0 Å². The molecule has 30 heavy (non-hydrogen) atoms. The molecule has 1 heterocycles. The summed E-state index contributed by atoms with van der Waals surface area (Å²) in [5.41, 5.74) is 1.52. The van der Waals surface area contributed by atoms with E-state index in [0.29, 0.717) is 48.0 Å². The first-order valence-corrected chi connectivity index (χ1v) is 10.1. The number of rotatable bonds is 7. The van der Waals surface area contributed by atoms with Gasteiger partial charge in [0.15, 0.2) is 0 Å². The fourth-order valence-electron chi connectivity index (χ4n) is 3.34. The average Bonchev–Trinajstić information content (AvgIpc) is 3.24. The van der Waals surface area contributed by atoms with E-state index in [0.717, 1.165) is 6.42 Å². The summed E-state index contributed by atoms with van der Waals surface area (Å²) in [5.74, 6) is -0.627. The second-order valence-electron chi connectivity index (χ2n) is 6.98. The summed E-state index contributed by atoms with van der Waals surface area (Å²) in [5, 5.41) is 6.14. The van der Waals surface area contributed by atoms with Crippen molar-refractivity contribution in [3.05, 3.63) is 64.7 Å². The van der Waals surface area contributed by atoms with Gasteiger partial charge in [-0.3, -0.25) is 14.4 Å². The molecule has 1 atom stereocenters. The van der Waals surface area contributed by atoms with Gasteiger partial charge in [0, 0.05) is 42.0 Å². The number of carbonyl (C=O) groups is 3. The molecule has 0 bridgehead atoms. The molecule has 0 aromatic heterocycles. The lowest BCUT2D eigenvalue weighted by molar-refractivity contribution is -0.125. The highest BCUT2D eigenvalue weighted by Gasteiger charge is 2.34. The number of carbonyl (C=O) groups excluding carboxylic acids is 3. The van der Waals surface area contributed by atoms with E-state index in [1.54, 1.807) is 60.5 Å². The molecule has 0 saturated carbocycles. The Morgan fingerprint density at radius 2 is 1.73 bits per heavy atom. The Hall–Kier alpha value is -2.90. The molecule has 158 valence electrons. The van der Waals surface area contributed by atoms with Crippen molar-refractivity contribution in [2.24, 2.45) is 0 Å². The molecule has 0 spiro atoms. The first-order valence-electron chi connectivity index (χ1n) is 9.74. The Morgan fingerprint density at radius 3 is 2.40 bits per heavy atom. The van der Waals surface area contributed by atoms with Crippen molar-refractivity contribution in [3.8, 4) is 0 Å². The number of ether oxygens (including phenoxy) is 1. The molecule has 8 heteroatoms. The van der Waals surface area contributed by atoms with Gasteiger partial charge in [-0.15, -0.1) is 0 Å². The van der Waals surface area contributed by atoms with Crippen LogP contribution >= 0.6 is 11.6 Å². The van der Waals surface area contributed by atoms with Crippen molar-refractivity contribution in [1.82, 2.24) is 10.2 Å². The van der Waals surface area contributed by atoms with Crippen LogP contribution in [0.15, 0.2) is 48.5 Å². The van der Waals surface area contributed by atoms with Crippen LogP contribution in [0.3, 0.4) is 0 Å². The van der Waals surface area contributed by atoms with Crippen molar-refractivity contribution in [2.45, 2.75) is 18.9 Å². The molecule has 0 radical (unpaired) electrons. The van der Waals surface area contributed by atoms with Crippen molar-refractivity contribution in [1.29, 1.82) is 0 Å². The number of halogens is 1. The van der Waals surface area contributed by atoms with E-state index >= 15 is 0 Å². The SMILES string of the molecule is COCCNC(=O)[C@H]1CCCN1C(=O)c1ccc(NC(=O)c2ccc(Cl)cc2)cc1. The second-order valence-corrected chi connectivity index (χ2v) is 7.42. The Morgan fingerprint density at radius 1 is 1.07 bits per heavy atom. The highest BCUT2D eigenvalue weighted by atomic mass is 35.5. The number of benzene rings is 2. The van der Waals surface area contributed by atoms with Gasteiger partial charge in [0.1, 0.15) is 6.04 Å². The molecular formula is C22H24ClN3O4. The monoisotopic (exact) mass is 429 g/mol. The molecule has 2 aromatic carbocycles. The van der Waals surface area contributed by atoms with Gasteiger partial charge in [0.05, 0.1) is 6.61 Å². The summed E-state index contributed by atoms with van der Waals surface area (Å²) in [7, 11) is 1.57. The third kappa shape index (κ3) is 5.37. The predicted molar refractivity (Wildman–Crippen MR) is 115 cm³/mol. The number of likely N-dealkylation sites (tertiary alicyclic amines) is 1. The van der Waals surface area contributed by atoms with Gasteiger partial charge in [-0.05, 0) is 61.4 Å². The number of hydrogen-bond acceptors (Lipinski definition) is 4. The Labute approximate surface area is 180 Å². The maximum Gasteiger partial charge on any atom is 0.255 e. The van der Waals surface area contributed by atoms with Crippen LogP contribution in [-0.2, 0) is 9.53 Å². The zero-order chi connectivity index (χ0) is 21.5. The van der Waals surface area contributed by atoms with Crippen LogP contribution in [0.4, 0.5) is 5.69 Å². The smallest absolute Gasteiger partial charge is 0.255 e. The van der Waals surface area contributed by atoms with Crippen LogP contribution in [0.1, 0.15) is 33.6 Å². The highest BCUT2D eigenvalue weighted by Crippen LogP contribution is 2.21. The number of anilines is 1. The minimum atomic E-state index is -0.473. The third-order valence-electron chi connectivity index (χ3n) is 4.92. The van der Waals surface area contributed by atoms with Gasteiger partial charge in [-0.2, -0.15) is 0 Å². The van der Waals surface area contributed by atoms with E-state index in [1.165, 1.54) is 0 Å². The fraction of sp³-hybridized carbons (Fsp3) is 0.318. The van der Waals surface area contributed by atoms with Gasteiger partial charge in [-0.25, -0.2) is 0 Å². The summed E-state index contributed by atoms with van der Waals surface area (Å²) in [6, 6.07) is 12.7. The van der Waals surface area contributed by atoms with Gasteiger partial charge >= 0.3 is 0 Å². The number of amides is 3. The van der Waals surface area contributed by atoms with E-state index in [1.807, 2.05) is 0 Å². The summed E-state index contributed by atoms with van der Waals surface area (Å²) < 4.78 is 4.94. The summed E-state index contributed by atoms with van der Waals surface area (Å²) in [6.45, 7) is 1.38. The van der Waals surface area contributed by atoms with Crippen LogP contribution in [-0.4, -0.2) is 55.5 Å². The lowest BCUT2D eigenvalue weighted by Gasteiger charge is -2.24. The van der Waals surface area contributed by atoms with Gasteiger partial charge < -0.3 is 20.3 Å². The molecule has 1 fully saturated rings. The molecule has 1 aliphatic rings. The molecule has 0 unspecified atom stereocenters. The lowest BCUT2D eigenvalue weighted by Crippen LogP contribution is -2.46. The molecule has 2 aromatic rings. The lowest BCUT2D eigenvalue weighted by atomic mass is 10.1. The van der Waals surface area contributed by atoms with E-state index in [4.69, 9.17) is 16.3 Å². The molecule has 3 rings (SSSR count). The van der Waals surface area contributed by atoms with E-state index < -0.39 is 6.04 Å². The zero-order valence-electron chi connectivity index (χ0n) is 16.7. The molecular weight excluding hydrogens is 406 g/mol. The maximum atomic E-state index is 12.9. The van der Waals surface area contributed by atoms with Crippen molar-refractivity contribution in [2.75, 3.05) is 32.1 Å². The predicted octanol–water partition coefficient (Wildman–Crippen LogP) is 2.96. The minimum absolute atomic E-state index is 0.162. The molecule has 2 N–H and O–H groups in total. The summed E-state index contributed by atoms with van der Waals surface area (Å²) >= 11 is 5.84. The van der Waals surface area contributed by atoms with Crippen molar-refractivity contribution in [3.63, 3.8) is 0 Å². The highest BCUT2D eigenvalue weighted by molar-refractivity contribution is 6.30. The first kappa shape index (κ1) is 21.8.